The van der Waals surface area contributed by atoms with Crippen molar-refractivity contribution in [3.05, 3.63) is 15.6 Å². The Hall–Kier alpha value is -0.370. The molecule has 6 heteroatoms. The fraction of sp³-hybridized carbons (Fsp3) is 0.765. The van der Waals surface area contributed by atoms with E-state index in [2.05, 4.69) is 41.4 Å². The molecule has 0 spiro atoms. The molecular formula is C17H31IN4S. The molecule has 23 heavy (non-hydrogen) atoms. The van der Waals surface area contributed by atoms with Crippen LogP contribution in [0.15, 0.2) is 4.99 Å². The number of hydrogen-bond acceptors (Lipinski definition) is 3. The van der Waals surface area contributed by atoms with E-state index in [-0.39, 0.29) is 24.0 Å². The molecule has 1 fully saturated rings. The maximum absolute atomic E-state index is 4.56. The van der Waals surface area contributed by atoms with E-state index in [0.717, 1.165) is 41.6 Å². The molecule has 0 bridgehead atoms. The Morgan fingerprint density at radius 1 is 1.17 bits per heavy atom. The number of hydrogen-bond donors (Lipinski definition) is 2. The summed E-state index contributed by atoms with van der Waals surface area (Å²) in [6.07, 6.45) is 6.84. The standard InChI is InChI=1S/C17H30N4S.HI/c1-5-14-6-8-15(9-7-14)10-19-17(18-4)20-11-16-21-12(2)13(3)22-16;/h14-15H,5-11H2,1-4H3,(H2,18,19,20);1H. The first kappa shape index (κ1) is 20.7. The molecule has 2 N–H and O–H groups in total. The summed E-state index contributed by atoms with van der Waals surface area (Å²) in [5, 5.41) is 7.98. The van der Waals surface area contributed by atoms with E-state index in [1.165, 1.54) is 37.0 Å². The van der Waals surface area contributed by atoms with Crippen molar-refractivity contribution in [1.29, 1.82) is 0 Å². The van der Waals surface area contributed by atoms with Gasteiger partial charge >= 0.3 is 0 Å². The van der Waals surface area contributed by atoms with Gasteiger partial charge in [0.25, 0.3) is 0 Å². The topological polar surface area (TPSA) is 49.3 Å². The van der Waals surface area contributed by atoms with Crippen molar-refractivity contribution < 1.29 is 0 Å². The third-order valence-corrected chi connectivity index (χ3v) is 5.88. The van der Waals surface area contributed by atoms with Gasteiger partial charge in [0, 0.05) is 18.5 Å². The zero-order chi connectivity index (χ0) is 15.9. The lowest BCUT2D eigenvalue weighted by Crippen LogP contribution is -2.40. The molecule has 4 nitrogen and oxygen atoms in total. The Bertz CT molecular complexity index is 473. The van der Waals surface area contributed by atoms with Crippen LogP contribution in [0.25, 0.3) is 0 Å². The molecule has 1 aliphatic carbocycles. The quantitative estimate of drug-likeness (QED) is 0.401. The number of aliphatic imine (C=N–C) groups is 1. The highest BCUT2D eigenvalue weighted by Gasteiger charge is 2.19. The Morgan fingerprint density at radius 2 is 1.83 bits per heavy atom. The van der Waals surface area contributed by atoms with Crippen molar-refractivity contribution in [2.45, 2.75) is 59.4 Å². The Balaban J connectivity index is 0.00000264. The molecule has 0 aromatic carbocycles. The van der Waals surface area contributed by atoms with Gasteiger partial charge in [-0.25, -0.2) is 4.98 Å². The van der Waals surface area contributed by atoms with E-state index in [1.54, 1.807) is 11.3 Å². The first-order chi connectivity index (χ1) is 10.6. The first-order valence-electron chi connectivity index (χ1n) is 8.49. The van der Waals surface area contributed by atoms with E-state index >= 15 is 0 Å². The van der Waals surface area contributed by atoms with Crippen molar-refractivity contribution in [2.75, 3.05) is 13.6 Å². The first-order valence-corrected chi connectivity index (χ1v) is 9.31. The normalized spacial score (nSPS) is 21.7. The lowest BCUT2D eigenvalue weighted by Gasteiger charge is -2.28. The number of thiazole rings is 1. The second kappa shape index (κ2) is 10.5. The van der Waals surface area contributed by atoms with Crippen molar-refractivity contribution in [3.63, 3.8) is 0 Å². The van der Waals surface area contributed by atoms with Crippen LogP contribution in [0.2, 0.25) is 0 Å². The highest BCUT2D eigenvalue weighted by Crippen LogP contribution is 2.30. The minimum absolute atomic E-state index is 0. The molecule has 1 aliphatic rings. The van der Waals surface area contributed by atoms with Gasteiger partial charge in [-0.2, -0.15) is 0 Å². The van der Waals surface area contributed by atoms with Gasteiger partial charge in [-0.3, -0.25) is 4.99 Å². The largest absolute Gasteiger partial charge is 0.356 e. The van der Waals surface area contributed by atoms with Gasteiger partial charge in [-0.15, -0.1) is 35.3 Å². The molecular weight excluding hydrogens is 419 g/mol. The Morgan fingerprint density at radius 3 is 2.35 bits per heavy atom. The summed E-state index contributed by atoms with van der Waals surface area (Å²) in [7, 11) is 1.83. The summed E-state index contributed by atoms with van der Waals surface area (Å²) in [5.74, 6) is 2.65. The molecule has 1 aromatic heterocycles. The van der Waals surface area contributed by atoms with Crippen molar-refractivity contribution in [3.8, 4) is 0 Å². The summed E-state index contributed by atoms with van der Waals surface area (Å²) in [6.45, 7) is 8.29. The van der Waals surface area contributed by atoms with Crippen LogP contribution in [-0.2, 0) is 6.54 Å². The summed E-state index contributed by atoms with van der Waals surface area (Å²) >= 11 is 1.76. The van der Waals surface area contributed by atoms with Crippen molar-refractivity contribution >= 4 is 41.3 Å². The van der Waals surface area contributed by atoms with Gasteiger partial charge in [0.2, 0.25) is 0 Å². The molecule has 0 saturated heterocycles. The van der Waals surface area contributed by atoms with Crippen LogP contribution in [0, 0.1) is 25.7 Å². The molecule has 0 radical (unpaired) electrons. The van der Waals surface area contributed by atoms with Crippen LogP contribution >= 0.6 is 35.3 Å². The van der Waals surface area contributed by atoms with Gasteiger partial charge in [0.1, 0.15) is 5.01 Å². The fourth-order valence-corrected chi connectivity index (χ4v) is 3.95. The second-order valence-corrected chi connectivity index (χ2v) is 7.64. The number of guanidine groups is 1. The number of nitrogens with zero attached hydrogens (tertiary/aromatic N) is 2. The molecule has 0 amide bonds. The maximum Gasteiger partial charge on any atom is 0.191 e. The summed E-state index contributed by atoms with van der Waals surface area (Å²) in [6, 6.07) is 0. The van der Waals surface area contributed by atoms with Crippen LogP contribution in [0.1, 0.15) is 54.6 Å². The molecule has 0 atom stereocenters. The third-order valence-electron chi connectivity index (χ3n) is 4.81. The lowest BCUT2D eigenvalue weighted by atomic mass is 9.81. The molecule has 0 aliphatic heterocycles. The zero-order valence-electron chi connectivity index (χ0n) is 14.8. The molecule has 1 saturated carbocycles. The Labute approximate surface area is 162 Å². The maximum atomic E-state index is 4.56. The predicted molar refractivity (Wildman–Crippen MR) is 111 cm³/mol. The van der Waals surface area contributed by atoms with Crippen LogP contribution < -0.4 is 10.6 Å². The van der Waals surface area contributed by atoms with Crippen LogP contribution in [0.4, 0.5) is 0 Å². The average Bonchev–Trinajstić information content (AvgIpc) is 2.86. The Kier molecular flexibility index (Phi) is 9.43. The number of aromatic nitrogens is 1. The number of halogens is 1. The van der Waals surface area contributed by atoms with E-state index in [4.69, 9.17) is 0 Å². The summed E-state index contributed by atoms with van der Waals surface area (Å²) in [5.41, 5.74) is 1.14. The smallest absolute Gasteiger partial charge is 0.191 e. The highest BCUT2D eigenvalue weighted by atomic mass is 127. The zero-order valence-corrected chi connectivity index (χ0v) is 18.0. The van der Waals surface area contributed by atoms with Crippen molar-refractivity contribution in [1.82, 2.24) is 15.6 Å². The number of rotatable bonds is 5. The lowest BCUT2D eigenvalue weighted by molar-refractivity contribution is 0.269. The molecule has 1 heterocycles. The fourth-order valence-electron chi connectivity index (χ4n) is 3.08. The van der Waals surface area contributed by atoms with Crippen LogP contribution in [-0.4, -0.2) is 24.5 Å². The number of nitrogens with one attached hydrogen (secondary N) is 2. The predicted octanol–water partition coefficient (Wildman–Crippen LogP) is 4.26. The summed E-state index contributed by atoms with van der Waals surface area (Å²) < 4.78 is 0. The SMILES string of the molecule is CCC1CCC(CNC(=NC)NCc2nc(C)c(C)s2)CC1.I. The minimum Gasteiger partial charge on any atom is -0.356 e. The molecule has 2 rings (SSSR count). The average molecular weight is 450 g/mol. The third kappa shape index (κ3) is 6.57. The number of aryl methyl sites for hydroxylation is 2. The second-order valence-electron chi connectivity index (χ2n) is 6.35. The van der Waals surface area contributed by atoms with E-state index < -0.39 is 0 Å². The van der Waals surface area contributed by atoms with E-state index in [0.29, 0.717) is 0 Å². The molecule has 0 unspecified atom stereocenters. The molecule has 132 valence electrons. The highest BCUT2D eigenvalue weighted by molar-refractivity contribution is 14.0. The van der Waals surface area contributed by atoms with Gasteiger partial charge < -0.3 is 10.6 Å². The van der Waals surface area contributed by atoms with Gasteiger partial charge in [0.15, 0.2) is 5.96 Å². The van der Waals surface area contributed by atoms with Gasteiger partial charge in [-0.1, -0.05) is 26.2 Å². The minimum atomic E-state index is 0. The van der Waals surface area contributed by atoms with Gasteiger partial charge in [-0.05, 0) is 38.5 Å². The van der Waals surface area contributed by atoms with Crippen molar-refractivity contribution in [2.24, 2.45) is 16.8 Å². The monoisotopic (exact) mass is 450 g/mol. The van der Waals surface area contributed by atoms with E-state index in [9.17, 15) is 0 Å². The molecule has 1 aromatic rings. The summed E-state index contributed by atoms with van der Waals surface area (Å²) in [4.78, 5) is 10.2. The van der Waals surface area contributed by atoms with Crippen LogP contribution in [0.5, 0.6) is 0 Å². The van der Waals surface area contributed by atoms with Gasteiger partial charge in [0.05, 0.1) is 12.2 Å². The van der Waals surface area contributed by atoms with E-state index in [1.807, 2.05) is 7.05 Å². The van der Waals surface area contributed by atoms with Crippen LogP contribution in [0.3, 0.4) is 0 Å².